The van der Waals surface area contributed by atoms with E-state index in [2.05, 4.69) is 43.0 Å². The van der Waals surface area contributed by atoms with Gasteiger partial charge in [0, 0.05) is 23.9 Å². The number of nitrogens with one attached hydrogen (secondary N) is 1. The van der Waals surface area contributed by atoms with Gasteiger partial charge in [-0.2, -0.15) is 0 Å². The molecule has 0 atom stereocenters. The first-order valence-electron chi connectivity index (χ1n) is 8.74. The standard InChI is InChI=1S/C18H30N4O/c1-11(2)9-16-12(3)21-18(22-13(16)4)20-10-14-5-7-15(8-6-14)17(19)23/h11,14-15H,5-10H2,1-4H3,(H2,19,23)(H,20,21,22). The second-order valence-electron chi connectivity index (χ2n) is 7.30. The smallest absolute Gasteiger partial charge is 0.223 e. The topological polar surface area (TPSA) is 80.9 Å². The van der Waals surface area contributed by atoms with Gasteiger partial charge in [0.2, 0.25) is 11.9 Å². The van der Waals surface area contributed by atoms with Crippen LogP contribution in [0.15, 0.2) is 0 Å². The Morgan fingerprint density at radius 1 is 1.17 bits per heavy atom. The molecule has 1 aromatic rings. The highest BCUT2D eigenvalue weighted by atomic mass is 16.1. The SMILES string of the molecule is Cc1nc(NCC2CCC(C(N)=O)CC2)nc(C)c1CC(C)C. The molecule has 23 heavy (non-hydrogen) atoms. The predicted molar refractivity (Wildman–Crippen MR) is 93.2 cm³/mol. The summed E-state index contributed by atoms with van der Waals surface area (Å²) in [7, 11) is 0. The minimum absolute atomic E-state index is 0.0716. The van der Waals surface area contributed by atoms with Gasteiger partial charge in [0.1, 0.15) is 0 Å². The fraction of sp³-hybridized carbons (Fsp3) is 0.722. The van der Waals surface area contributed by atoms with E-state index in [9.17, 15) is 4.79 Å². The van der Waals surface area contributed by atoms with E-state index in [1.165, 1.54) is 5.56 Å². The molecular weight excluding hydrogens is 288 g/mol. The maximum atomic E-state index is 11.2. The van der Waals surface area contributed by atoms with E-state index in [-0.39, 0.29) is 11.8 Å². The van der Waals surface area contributed by atoms with Gasteiger partial charge in [0.25, 0.3) is 0 Å². The first-order chi connectivity index (χ1) is 10.9. The molecule has 1 amide bonds. The number of hydrogen-bond acceptors (Lipinski definition) is 4. The van der Waals surface area contributed by atoms with Gasteiger partial charge in [-0.25, -0.2) is 9.97 Å². The molecule has 0 spiro atoms. The van der Waals surface area contributed by atoms with Crippen LogP contribution < -0.4 is 11.1 Å². The van der Waals surface area contributed by atoms with Gasteiger partial charge >= 0.3 is 0 Å². The normalized spacial score (nSPS) is 21.4. The van der Waals surface area contributed by atoms with E-state index in [1.807, 2.05) is 0 Å². The number of nitrogens with zero attached hydrogens (tertiary/aromatic N) is 2. The number of hydrogen-bond donors (Lipinski definition) is 2. The van der Waals surface area contributed by atoms with Crippen LogP contribution in [0.3, 0.4) is 0 Å². The molecular formula is C18H30N4O. The number of nitrogens with two attached hydrogens (primary N) is 1. The van der Waals surface area contributed by atoms with Crippen molar-refractivity contribution >= 4 is 11.9 Å². The minimum Gasteiger partial charge on any atom is -0.369 e. The van der Waals surface area contributed by atoms with Gasteiger partial charge < -0.3 is 11.1 Å². The molecule has 5 heteroatoms. The predicted octanol–water partition coefficient (Wildman–Crippen LogP) is 3.00. The largest absolute Gasteiger partial charge is 0.369 e. The molecule has 0 aliphatic heterocycles. The minimum atomic E-state index is -0.147. The number of carbonyl (C=O) groups excluding carboxylic acids is 1. The van der Waals surface area contributed by atoms with Crippen LogP contribution in [-0.4, -0.2) is 22.4 Å². The zero-order chi connectivity index (χ0) is 17.0. The van der Waals surface area contributed by atoms with E-state index < -0.39 is 0 Å². The quantitative estimate of drug-likeness (QED) is 0.845. The van der Waals surface area contributed by atoms with Gasteiger partial charge in [0.05, 0.1) is 0 Å². The molecule has 3 N–H and O–H groups in total. The fourth-order valence-electron chi connectivity index (χ4n) is 3.41. The molecule has 1 aliphatic rings. The van der Waals surface area contributed by atoms with Crippen LogP contribution in [0, 0.1) is 31.6 Å². The molecule has 2 rings (SSSR count). The van der Waals surface area contributed by atoms with Crippen LogP contribution in [0.4, 0.5) is 5.95 Å². The number of amides is 1. The van der Waals surface area contributed by atoms with Crippen molar-refractivity contribution in [1.82, 2.24) is 9.97 Å². The molecule has 0 unspecified atom stereocenters. The number of anilines is 1. The fourth-order valence-corrected chi connectivity index (χ4v) is 3.41. The van der Waals surface area contributed by atoms with Crippen molar-refractivity contribution in [2.24, 2.45) is 23.5 Å². The molecule has 128 valence electrons. The van der Waals surface area contributed by atoms with Crippen molar-refractivity contribution in [2.75, 3.05) is 11.9 Å². The lowest BCUT2D eigenvalue weighted by Gasteiger charge is -2.26. The van der Waals surface area contributed by atoms with Crippen molar-refractivity contribution in [1.29, 1.82) is 0 Å². The van der Waals surface area contributed by atoms with Crippen molar-refractivity contribution < 1.29 is 4.79 Å². The Morgan fingerprint density at radius 2 is 1.74 bits per heavy atom. The average molecular weight is 318 g/mol. The van der Waals surface area contributed by atoms with Gasteiger partial charge in [-0.05, 0) is 63.4 Å². The van der Waals surface area contributed by atoms with E-state index in [4.69, 9.17) is 5.73 Å². The molecule has 0 saturated heterocycles. The summed E-state index contributed by atoms with van der Waals surface area (Å²) >= 11 is 0. The molecule has 0 radical (unpaired) electrons. The number of carbonyl (C=O) groups is 1. The van der Waals surface area contributed by atoms with Gasteiger partial charge in [0.15, 0.2) is 0 Å². The Kier molecular flexibility index (Phi) is 5.97. The highest BCUT2D eigenvalue weighted by molar-refractivity contribution is 5.76. The van der Waals surface area contributed by atoms with Crippen molar-refractivity contribution in [2.45, 2.75) is 59.8 Å². The summed E-state index contributed by atoms with van der Waals surface area (Å²) < 4.78 is 0. The summed E-state index contributed by atoms with van der Waals surface area (Å²) in [6, 6.07) is 0. The first-order valence-corrected chi connectivity index (χ1v) is 8.74. The summed E-state index contributed by atoms with van der Waals surface area (Å²) in [6.07, 6.45) is 4.94. The maximum Gasteiger partial charge on any atom is 0.223 e. The molecule has 5 nitrogen and oxygen atoms in total. The highest BCUT2D eigenvalue weighted by Crippen LogP contribution is 2.28. The van der Waals surface area contributed by atoms with Gasteiger partial charge in [-0.1, -0.05) is 13.8 Å². The molecule has 1 fully saturated rings. The van der Waals surface area contributed by atoms with Crippen LogP contribution in [0.1, 0.15) is 56.5 Å². The summed E-state index contributed by atoms with van der Waals surface area (Å²) in [5.41, 5.74) is 8.81. The van der Waals surface area contributed by atoms with Crippen LogP contribution in [0.5, 0.6) is 0 Å². The molecule has 0 aromatic carbocycles. The van der Waals surface area contributed by atoms with Crippen LogP contribution in [-0.2, 0) is 11.2 Å². The zero-order valence-corrected chi connectivity index (χ0v) is 14.9. The number of aromatic nitrogens is 2. The summed E-state index contributed by atoms with van der Waals surface area (Å²) in [5, 5.41) is 3.38. The summed E-state index contributed by atoms with van der Waals surface area (Å²) in [4.78, 5) is 20.4. The van der Waals surface area contributed by atoms with Crippen LogP contribution >= 0.6 is 0 Å². The second kappa shape index (κ2) is 7.75. The number of aryl methyl sites for hydroxylation is 2. The van der Waals surface area contributed by atoms with E-state index >= 15 is 0 Å². The lowest BCUT2D eigenvalue weighted by atomic mass is 9.82. The lowest BCUT2D eigenvalue weighted by molar-refractivity contribution is -0.122. The van der Waals surface area contributed by atoms with Gasteiger partial charge in [-0.3, -0.25) is 4.79 Å². The summed E-state index contributed by atoms with van der Waals surface area (Å²) in [6.45, 7) is 9.43. The highest BCUT2D eigenvalue weighted by Gasteiger charge is 2.24. The molecule has 1 aliphatic carbocycles. The Bertz CT molecular complexity index is 525. The second-order valence-corrected chi connectivity index (χ2v) is 7.30. The Hall–Kier alpha value is -1.65. The van der Waals surface area contributed by atoms with E-state index in [0.717, 1.165) is 56.0 Å². The van der Waals surface area contributed by atoms with Gasteiger partial charge in [-0.15, -0.1) is 0 Å². The monoisotopic (exact) mass is 318 g/mol. The average Bonchev–Trinajstić information content (AvgIpc) is 2.49. The molecule has 1 heterocycles. The molecule has 0 bridgehead atoms. The number of primary amides is 1. The van der Waals surface area contributed by atoms with Crippen LogP contribution in [0.25, 0.3) is 0 Å². The third-order valence-corrected chi connectivity index (χ3v) is 4.83. The summed E-state index contributed by atoms with van der Waals surface area (Å²) in [5.74, 6) is 1.83. The number of rotatable bonds is 6. The molecule has 1 aromatic heterocycles. The molecule has 1 saturated carbocycles. The maximum absolute atomic E-state index is 11.2. The third-order valence-electron chi connectivity index (χ3n) is 4.83. The van der Waals surface area contributed by atoms with E-state index in [1.54, 1.807) is 0 Å². The van der Waals surface area contributed by atoms with E-state index in [0.29, 0.717) is 11.8 Å². The van der Waals surface area contributed by atoms with Crippen molar-refractivity contribution in [3.63, 3.8) is 0 Å². The first kappa shape index (κ1) is 17.7. The van der Waals surface area contributed by atoms with Crippen molar-refractivity contribution in [3.8, 4) is 0 Å². The zero-order valence-electron chi connectivity index (χ0n) is 14.9. The lowest BCUT2D eigenvalue weighted by Crippen LogP contribution is -2.29. The van der Waals surface area contributed by atoms with Crippen molar-refractivity contribution in [3.05, 3.63) is 17.0 Å². The third kappa shape index (κ3) is 4.91. The van der Waals surface area contributed by atoms with Crippen LogP contribution in [0.2, 0.25) is 0 Å². The Labute approximate surface area is 139 Å². The Balaban J connectivity index is 1.90. The Morgan fingerprint density at radius 3 is 2.22 bits per heavy atom.